The molecule has 0 bridgehead atoms. The zero-order valence-electron chi connectivity index (χ0n) is 8.45. The fourth-order valence-electron chi connectivity index (χ4n) is 1.36. The minimum absolute atomic E-state index is 0.144. The van der Waals surface area contributed by atoms with Crippen molar-refractivity contribution in [2.45, 2.75) is 19.8 Å². The molecule has 0 radical (unpaired) electrons. The molecule has 2 aromatic rings. The predicted molar refractivity (Wildman–Crippen MR) is 56.4 cm³/mol. The third-order valence-corrected chi connectivity index (χ3v) is 2.05. The fourth-order valence-corrected chi connectivity index (χ4v) is 1.36. The zero-order chi connectivity index (χ0) is 10.7. The largest absolute Gasteiger partial charge is 0.329 e. The quantitative estimate of drug-likeness (QED) is 0.786. The number of hydrogen-bond acceptors (Lipinski definition) is 3. The van der Waals surface area contributed by atoms with E-state index < -0.39 is 0 Å². The van der Waals surface area contributed by atoms with Crippen LogP contribution in [-0.4, -0.2) is 20.2 Å². The molecule has 0 fully saturated rings. The molecule has 15 heavy (non-hydrogen) atoms. The minimum Gasteiger partial charge on any atom is -0.329 e. The average molecular weight is 204 g/mol. The number of H-pyrrole nitrogens is 2. The number of pyridine rings is 1. The Morgan fingerprint density at radius 3 is 3.07 bits per heavy atom. The molecule has 0 atom stereocenters. The van der Waals surface area contributed by atoms with Gasteiger partial charge < -0.3 is 4.98 Å². The predicted octanol–water partition coefficient (Wildman–Crippen LogP) is 1.11. The first-order chi connectivity index (χ1) is 7.29. The van der Waals surface area contributed by atoms with Crippen molar-refractivity contribution < 1.29 is 0 Å². The lowest BCUT2D eigenvalue weighted by atomic mass is 10.2. The first-order valence-corrected chi connectivity index (χ1v) is 4.90. The van der Waals surface area contributed by atoms with Gasteiger partial charge in [-0.25, -0.2) is 4.98 Å². The standard InChI is InChI=1S/C10H12N4O/c1-2-3-8-12-10(14-13-8)7-4-5-11-9(15)6-7/h4-6H,2-3H2,1H3,(H,11,15)(H,12,13,14). The number of aromatic nitrogens is 4. The third kappa shape index (κ3) is 2.12. The highest BCUT2D eigenvalue weighted by Crippen LogP contribution is 2.11. The molecule has 0 aliphatic carbocycles. The molecule has 0 aliphatic rings. The Labute approximate surface area is 86.6 Å². The average Bonchev–Trinajstić information content (AvgIpc) is 2.67. The number of nitrogens with one attached hydrogen (secondary N) is 2. The molecule has 5 heteroatoms. The van der Waals surface area contributed by atoms with Gasteiger partial charge in [0.1, 0.15) is 5.82 Å². The maximum Gasteiger partial charge on any atom is 0.248 e. The number of aryl methyl sites for hydroxylation is 1. The van der Waals surface area contributed by atoms with E-state index in [1.54, 1.807) is 12.3 Å². The summed E-state index contributed by atoms with van der Waals surface area (Å²) >= 11 is 0. The van der Waals surface area contributed by atoms with E-state index in [9.17, 15) is 4.79 Å². The Kier molecular flexibility index (Phi) is 2.62. The van der Waals surface area contributed by atoms with E-state index in [2.05, 4.69) is 27.1 Å². The van der Waals surface area contributed by atoms with Crippen molar-refractivity contribution in [1.82, 2.24) is 20.2 Å². The molecule has 5 nitrogen and oxygen atoms in total. The summed E-state index contributed by atoms with van der Waals surface area (Å²) in [5.74, 6) is 1.43. The molecule has 2 heterocycles. The number of aromatic amines is 2. The van der Waals surface area contributed by atoms with Crippen LogP contribution in [-0.2, 0) is 6.42 Å². The van der Waals surface area contributed by atoms with Gasteiger partial charge in [0, 0.05) is 24.2 Å². The van der Waals surface area contributed by atoms with E-state index >= 15 is 0 Å². The second-order valence-electron chi connectivity index (χ2n) is 3.30. The molecular formula is C10H12N4O. The molecule has 2 aromatic heterocycles. The highest BCUT2D eigenvalue weighted by Gasteiger charge is 2.05. The summed E-state index contributed by atoms with van der Waals surface area (Å²) in [7, 11) is 0. The van der Waals surface area contributed by atoms with E-state index in [1.807, 2.05) is 0 Å². The van der Waals surface area contributed by atoms with E-state index in [1.165, 1.54) is 6.07 Å². The Bertz CT molecular complexity index is 500. The lowest BCUT2D eigenvalue weighted by Gasteiger charge is -1.91. The molecular weight excluding hydrogens is 192 g/mol. The molecule has 0 amide bonds. The summed E-state index contributed by atoms with van der Waals surface area (Å²) in [6, 6.07) is 3.26. The Morgan fingerprint density at radius 1 is 1.47 bits per heavy atom. The summed E-state index contributed by atoms with van der Waals surface area (Å²) in [5, 5.41) is 6.91. The van der Waals surface area contributed by atoms with Gasteiger partial charge in [0.05, 0.1) is 0 Å². The molecule has 0 aromatic carbocycles. The van der Waals surface area contributed by atoms with Crippen molar-refractivity contribution in [2.75, 3.05) is 0 Å². The maximum absolute atomic E-state index is 11.1. The van der Waals surface area contributed by atoms with Crippen LogP contribution in [0.2, 0.25) is 0 Å². The molecule has 0 saturated heterocycles. The zero-order valence-corrected chi connectivity index (χ0v) is 8.45. The van der Waals surface area contributed by atoms with Crippen LogP contribution < -0.4 is 5.56 Å². The van der Waals surface area contributed by atoms with Gasteiger partial charge in [-0.1, -0.05) is 6.92 Å². The topological polar surface area (TPSA) is 74.4 Å². The lowest BCUT2D eigenvalue weighted by Crippen LogP contribution is -2.02. The molecule has 0 spiro atoms. The second-order valence-corrected chi connectivity index (χ2v) is 3.30. The highest BCUT2D eigenvalue weighted by atomic mass is 16.1. The maximum atomic E-state index is 11.1. The lowest BCUT2D eigenvalue weighted by molar-refractivity contribution is 0.841. The van der Waals surface area contributed by atoms with Crippen LogP contribution in [0, 0.1) is 0 Å². The van der Waals surface area contributed by atoms with Crippen molar-refractivity contribution in [2.24, 2.45) is 0 Å². The molecule has 78 valence electrons. The summed E-state index contributed by atoms with van der Waals surface area (Å²) in [4.78, 5) is 17.9. The van der Waals surface area contributed by atoms with Gasteiger partial charge >= 0.3 is 0 Å². The van der Waals surface area contributed by atoms with Gasteiger partial charge in [-0.05, 0) is 12.5 Å². The first-order valence-electron chi connectivity index (χ1n) is 4.90. The Balaban J connectivity index is 2.33. The van der Waals surface area contributed by atoms with Crippen molar-refractivity contribution in [3.8, 4) is 11.4 Å². The molecule has 0 unspecified atom stereocenters. The van der Waals surface area contributed by atoms with Crippen LogP contribution >= 0.6 is 0 Å². The monoisotopic (exact) mass is 204 g/mol. The van der Waals surface area contributed by atoms with Crippen molar-refractivity contribution in [1.29, 1.82) is 0 Å². The second kappa shape index (κ2) is 4.08. The van der Waals surface area contributed by atoms with Gasteiger partial charge in [0.25, 0.3) is 0 Å². The smallest absolute Gasteiger partial charge is 0.248 e. The summed E-state index contributed by atoms with van der Waals surface area (Å²) in [5.41, 5.74) is 0.590. The summed E-state index contributed by atoms with van der Waals surface area (Å²) in [6.07, 6.45) is 3.48. The van der Waals surface area contributed by atoms with Crippen molar-refractivity contribution >= 4 is 0 Å². The van der Waals surface area contributed by atoms with Crippen molar-refractivity contribution in [3.05, 3.63) is 34.5 Å². The fraction of sp³-hybridized carbons (Fsp3) is 0.300. The normalized spacial score (nSPS) is 10.5. The van der Waals surface area contributed by atoms with Crippen LogP contribution in [0.5, 0.6) is 0 Å². The van der Waals surface area contributed by atoms with E-state index in [0.717, 1.165) is 24.2 Å². The molecule has 0 aliphatic heterocycles. The summed E-state index contributed by atoms with van der Waals surface area (Å²) < 4.78 is 0. The SMILES string of the molecule is CCCc1nc(-c2cc[nH]c(=O)c2)n[nH]1. The van der Waals surface area contributed by atoms with Crippen LogP contribution in [0.25, 0.3) is 11.4 Å². The van der Waals surface area contributed by atoms with Crippen LogP contribution in [0.4, 0.5) is 0 Å². The van der Waals surface area contributed by atoms with Gasteiger partial charge in [-0.3, -0.25) is 9.89 Å². The molecule has 0 saturated carbocycles. The van der Waals surface area contributed by atoms with Gasteiger partial charge in [0.15, 0.2) is 5.82 Å². The van der Waals surface area contributed by atoms with E-state index in [-0.39, 0.29) is 5.56 Å². The molecule has 2 N–H and O–H groups in total. The van der Waals surface area contributed by atoms with Crippen LogP contribution in [0.1, 0.15) is 19.2 Å². The molecule has 2 rings (SSSR count). The number of nitrogens with zero attached hydrogens (tertiary/aromatic N) is 2. The first kappa shape index (κ1) is 9.64. The third-order valence-electron chi connectivity index (χ3n) is 2.05. The van der Waals surface area contributed by atoms with Crippen LogP contribution in [0.3, 0.4) is 0 Å². The van der Waals surface area contributed by atoms with Crippen molar-refractivity contribution in [3.63, 3.8) is 0 Å². The minimum atomic E-state index is -0.144. The van der Waals surface area contributed by atoms with Crippen LogP contribution in [0.15, 0.2) is 23.1 Å². The van der Waals surface area contributed by atoms with Gasteiger partial charge in [-0.15, -0.1) is 0 Å². The Morgan fingerprint density at radius 2 is 2.33 bits per heavy atom. The number of rotatable bonds is 3. The Hall–Kier alpha value is -1.91. The van der Waals surface area contributed by atoms with E-state index in [4.69, 9.17) is 0 Å². The summed E-state index contributed by atoms with van der Waals surface area (Å²) in [6.45, 7) is 2.08. The van der Waals surface area contributed by atoms with Gasteiger partial charge in [0.2, 0.25) is 5.56 Å². The highest BCUT2D eigenvalue weighted by molar-refractivity contribution is 5.52. The number of hydrogen-bond donors (Lipinski definition) is 2. The van der Waals surface area contributed by atoms with E-state index in [0.29, 0.717) is 5.82 Å². The van der Waals surface area contributed by atoms with Gasteiger partial charge in [-0.2, -0.15) is 5.10 Å².